The average Bonchev–Trinajstić information content (AvgIpc) is 3.66. The number of nitrogens with zero attached hydrogens (tertiary/aromatic N) is 6. The van der Waals surface area contributed by atoms with Crippen molar-refractivity contribution in [2.24, 2.45) is 0 Å². The van der Waals surface area contributed by atoms with Crippen LogP contribution in [-0.2, 0) is 28.8 Å². The van der Waals surface area contributed by atoms with Gasteiger partial charge in [0.1, 0.15) is 11.9 Å². The second kappa shape index (κ2) is 27.4. The Kier molecular flexibility index (Phi) is 24.0. The fourth-order valence-corrected chi connectivity index (χ4v) is 6.77. The Hall–Kier alpha value is -3.50. The Balaban J connectivity index is 0.0000120. The Bertz CT molecular complexity index is 1510. The topological polar surface area (TPSA) is 286 Å². The SMILES string of the molecule is C[C@@H](NC(=O)c1ccc(NCC(=O)CCCCCNC(=O)CN2CCN(CC(=O)O)CCN(CC(=O)O)CCN(CC(=O)O)CC2)nc1)C(=O)N1CCC[C@H]1B(O)O.[Lu]. The van der Waals surface area contributed by atoms with Gasteiger partial charge < -0.3 is 46.2 Å². The van der Waals surface area contributed by atoms with Gasteiger partial charge in [-0.25, -0.2) is 4.98 Å². The van der Waals surface area contributed by atoms with Crippen molar-refractivity contribution in [2.45, 2.75) is 57.4 Å². The van der Waals surface area contributed by atoms with Crippen molar-refractivity contribution in [1.82, 2.24) is 40.1 Å². The van der Waals surface area contributed by atoms with Gasteiger partial charge in [-0.2, -0.15) is 0 Å². The van der Waals surface area contributed by atoms with Crippen molar-refractivity contribution in [2.75, 3.05) is 103 Å². The first-order valence-electron chi connectivity index (χ1n) is 19.6. The number of rotatable bonds is 21. The van der Waals surface area contributed by atoms with Crippen molar-refractivity contribution in [3.05, 3.63) is 23.9 Å². The van der Waals surface area contributed by atoms with Gasteiger partial charge in [0, 0.05) is 115 Å². The predicted octanol–water partition coefficient (Wildman–Crippen LogP) is -2.66. The third-order valence-electron chi connectivity index (χ3n) is 9.97. The van der Waals surface area contributed by atoms with E-state index in [4.69, 9.17) is 0 Å². The maximum Gasteiger partial charge on any atom is 0.475 e. The van der Waals surface area contributed by atoms with Crippen LogP contribution in [0.5, 0.6) is 0 Å². The number of carbonyl (C=O) groups is 7. The van der Waals surface area contributed by atoms with Crippen LogP contribution < -0.4 is 16.0 Å². The van der Waals surface area contributed by atoms with Crippen molar-refractivity contribution in [3.8, 4) is 0 Å². The van der Waals surface area contributed by atoms with E-state index in [1.807, 2.05) is 4.90 Å². The number of anilines is 1. The molecule has 0 bridgehead atoms. The number of carbonyl (C=O) groups excluding carboxylic acids is 4. The number of nitrogens with one attached hydrogen (secondary N) is 3. The molecule has 1 aromatic rings. The molecule has 2 aliphatic heterocycles. The molecule has 3 heterocycles. The Labute approximate surface area is 373 Å². The van der Waals surface area contributed by atoms with Gasteiger partial charge in [0.2, 0.25) is 11.8 Å². The minimum absolute atomic E-state index is 0. The molecule has 0 aromatic carbocycles. The van der Waals surface area contributed by atoms with Gasteiger partial charge in [-0.15, -0.1) is 0 Å². The molecule has 0 saturated carbocycles. The molecule has 2 aliphatic rings. The van der Waals surface area contributed by atoms with E-state index in [-0.39, 0.29) is 113 Å². The number of carboxylic acid groups (broad SMARTS) is 3. The zero-order valence-corrected chi connectivity index (χ0v) is 35.0. The van der Waals surface area contributed by atoms with E-state index < -0.39 is 48.8 Å². The van der Waals surface area contributed by atoms with Gasteiger partial charge in [-0.1, -0.05) is 6.42 Å². The first-order chi connectivity index (χ1) is 27.6. The van der Waals surface area contributed by atoms with Crippen LogP contribution >= 0.6 is 0 Å². The van der Waals surface area contributed by atoms with Gasteiger partial charge in [-0.05, 0) is 44.7 Å². The summed E-state index contributed by atoms with van der Waals surface area (Å²) in [6.45, 7) is 4.01. The second-order valence-corrected chi connectivity index (χ2v) is 14.6. The minimum Gasteiger partial charge on any atom is -0.480 e. The number of aromatic nitrogens is 1. The summed E-state index contributed by atoms with van der Waals surface area (Å²) in [5.41, 5.74) is 0.208. The van der Waals surface area contributed by atoms with E-state index in [1.165, 1.54) is 24.1 Å². The fraction of sp³-hybridized carbons (Fsp3) is 0.667. The number of unbranched alkanes of at least 4 members (excludes halogenated alkanes) is 2. The van der Waals surface area contributed by atoms with Crippen LogP contribution in [0.2, 0.25) is 0 Å². The maximum atomic E-state index is 12.9. The molecule has 2 atom stereocenters. The number of Topliss-reactive ketones (excluding diaryl/α,β-unsaturated/α-hetero) is 1. The maximum absolute atomic E-state index is 12.9. The molecular formula is C36H58BLuN9O12. The van der Waals surface area contributed by atoms with Crippen LogP contribution in [0.3, 0.4) is 0 Å². The van der Waals surface area contributed by atoms with Crippen LogP contribution in [0.4, 0.5) is 5.82 Å². The number of ketones is 1. The number of hydrogen-bond donors (Lipinski definition) is 8. The largest absolute Gasteiger partial charge is 0.480 e. The van der Waals surface area contributed by atoms with Gasteiger partial charge in [0.25, 0.3) is 5.91 Å². The quantitative estimate of drug-likeness (QED) is 0.0461. The van der Waals surface area contributed by atoms with Gasteiger partial charge in [0.15, 0.2) is 5.78 Å². The van der Waals surface area contributed by atoms with Crippen LogP contribution in [0.25, 0.3) is 0 Å². The molecule has 0 aliphatic carbocycles. The summed E-state index contributed by atoms with van der Waals surface area (Å²) in [4.78, 5) is 97.6. The summed E-state index contributed by atoms with van der Waals surface area (Å²) in [6, 6.07) is 2.17. The summed E-state index contributed by atoms with van der Waals surface area (Å²) >= 11 is 0. The molecule has 2 fully saturated rings. The molecule has 2 saturated heterocycles. The fourth-order valence-electron chi connectivity index (χ4n) is 6.77. The number of amides is 3. The van der Waals surface area contributed by atoms with Crippen LogP contribution in [0, 0.1) is 36.9 Å². The molecule has 3 rings (SSSR count). The van der Waals surface area contributed by atoms with Crippen LogP contribution in [0.1, 0.15) is 55.8 Å². The number of likely N-dealkylation sites (tertiary alicyclic amines) is 1. The Morgan fingerprint density at radius 1 is 0.763 bits per heavy atom. The number of pyridine rings is 1. The Morgan fingerprint density at radius 2 is 1.29 bits per heavy atom. The van der Waals surface area contributed by atoms with Crippen LogP contribution in [0.15, 0.2) is 18.3 Å². The summed E-state index contributed by atoms with van der Waals surface area (Å²) in [6.07, 6.45) is 4.66. The summed E-state index contributed by atoms with van der Waals surface area (Å²) in [5.74, 6) is -4.64. The molecule has 0 spiro atoms. The zero-order valence-electron chi connectivity index (χ0n) is 33.3. The normalized spacial score (nSPS) is 18.0. The molecule has 59 heavy (non-hydrogen) atoms. The van der Waals surface area contributed by atoms with E-state index in [0.717, 1.165) is 0 Å². The van der Waals surface area contributed by atoms with Gasteiger partial charge in [0.05, 0.1) is 44.2 Å². The van der Waals surface area contributed by atoms with E-state index in [1.54, 1.807) is 20.8 Å². The van der Waals surface area contributed by atoms with E-state index >= 15 is 0 Å². The predicted molar refractivity (Wildman–Crippen MR) is 210 cm³/mol. The van der Waals surface area contributed by atoms with E-state index in [2.05, 4.69) is 20.9 Å². The van der Waals surface area contributed by atoms with Gasteiger partial charge >= 0.3 is 25.0 Å². The molecule has 21 nitrogen and oxygen atoms in total. The van der Waals surface area contributed by atoms with Crippen molar-refractivity contribution in [3.63, 3.8) is 0 Å². The van der Waals surface area contributed by atoms with E-state index in [9.17, 15) is 58.9 Å². The molecule has 8 N–H and O–H groups in total. The molecule has 0 unspecified atom stereocenters. The molecule has 1 aromatic heterocycles. The average molecular weight is 995 g/mol. The third kappa shape index (κ3) is 20.1. The number of aliphatic carboxylic acids is 3. The summed E-state index contributed by atoms with van der Waals surface area (Å²) in [5, 5.41) is 55.6. The first kappa shape index (κ1) is 51.6. The minimum atomic E-state index is -1.65. The monoisotopic (exact) mass is 994 g/mol. The summed E-state index contributed by atoms with van der Waals surface area (Å²) < 4.78 is 0. The van der Waals surface area contributed by atoms with Crippen molar-refractivity contribution < 1.29 is 95.8 Å². The molecule has 1 radical (unpaired) electrons. The van der Waals surface area contributed by atoms with Crippen molar-refractivity contribution >= 4 is 54.3 Å². The standard InChI is InChI=1S/C36H58BN9O12.Lu/c1-26(36(56)46-11-5-7-29(46)37(57)58)41-35(55)27-8-9-30(39-20-27)40-21-28(47)6-3-2-4-10-38-31(48)22-42-12-14-43(23-32(49)50)16-18-45(25-34(53)54)19-17-44(15-13-42)24-33(51)52;/h8-9,20,26,29,57-58H,2-7,10-19,21-25H2,1H3,(H,38,48)(H,39,40)(H,41,55)(H,49,50)(H,51,52)(H,53,54);/t26-,29+;/m1./s1. The number of hydrogen-bond acceptors (Lipinski definition) is 15. The van der Waals surface area contributed by atoms with Crippen LogP contribution in [-0.4, -0.2) is 214 Å². The summed E-state index contributed by atoms with van der Waals surface area (Å²) in [7, 11) is -1.65. The first-order valence-corrected chi connectivity index (χ1v) is 19.6. The molecule has 23 heteroatoms. The molecular weight excluding hydrogens is 936 g/mol. The zero-order chi connectivity index (χ0) is 42.6. The second-order valence-electron chi connectivity index (χ2n) is 14.6. The smallest absolute Gasteiger partial charge is 0.475 e. The third-order valence-corrected chi connectivity index (χ3v) is 9.97. The molecule has 3 amide bonds. The van der Waals surface area contributed by atoms with Crippen molar-refractivity contribution in [1.29, 1.82) is 0 Å². The number of carboxylic acids is 3. The van der Waals surface area contributed by atoms with E-state index in [0.29, 0.717) is 83.6 Å². The Morgan fingerprint density at radius 3 is 1.76 bits per heavy atom. The van der Waals surface area contributed by atoms with Gasteiger partial charge in [-0.3, -0.25) is 53.2 Å². The molecule has 337 valence electrons.